The van der Waals surface area contributed by atoms with Crippen LogP contribution in [0.25, 0.3) is 32.1 Å². The molecule has 2 heterocycles. The van der Waals surface area contributed by atoms with Gasteiger partial charge in [-0.3, -0.25) is 14.2 Å². The Morgan fingerprint density at radius 2 is 1.86 bits per heavy atom. The Labute approximate surface area is 204 Å². The highest BCUT2D eigenvalue weighted by Gasteiger charge is 2.16. The number of nitrogens with zero attached hydrogens (tertiary/aromatic N) is 2. The minimum atomic E-state index is -0.465. The second kappa shape index (κ2) is 9.52. The van der Waals surface area contributed by atoms with E-state index < -0.39 is 11.9 Å². The third-order valence-corrected chi connectivity index (χ3v) is 6.48. The van der Waals surface area contributed by atoms with Crippen molar-refractivity contribution in [2.24, 2.45) is 0 Å². The number of fused-ring (bicyclic) bond motifs is 2. The maximum atomic E-state index is 13.3. The molecule has 1 amide bonds. The minimum Gasteiger partial charge on any atom is -0.462 e. The monoisotopic (exact) mass is 483 g/mol. The van der Waals surface area contributed by atoms with Gasteiger partial charge in [-0.15, -0.1) is 11.3 Å². The van der Waals surface area contributed by atoms with E-state index in [0.717, 1.165) is 21.9 Å². The number of benzene rings is 3. The normalized spacial score (nSPS) is 11.0. The van der Waals surface area contributed by atoms with Crippen molar-refractivity contribution in [3.8, 4) is 11.1 Å². The largest absolute Gasteiger partial charge is 0.462 e. The van der Waals surface area contributed by atoms with Gasteiger partial charge in [0.25, 0.3) is 5.56 Å². The van der Waals surface area contributed by atoms with E-state index >= 15 is 0 Å². The molecule has 8 heteroatoms. The Balaban J connectivity index is 1.42. The molecule has 0 aliphatic heterocycles. The van der Waals surface area contributed by atoms with Gasteiger partial charge in [-0.2, -0.15) is 0 Å². The predicted octanol–water partition coefficient (Wildman–Crippen LogP) is 5.09. The molecule has 3 aromatic carbocycles. The number of thiophene rings is 1. The number of hydrogen-bond donors (Lipinski definition) is 1. The van der Waals surface area contributed by atoms with E-state index in [1.165, 1.54) is 28.3 Å². The molecule has 0 saturated heterocycles. The summed E-state index contributed by atoms with van der Waals surface area (Å²) >= 11 is 1.40. The lowest BCUT2D eigenvalue weighted by atomic mass is 10.0. The van der Waals surface area contributed by atoms with Gasteiger partial charge in [0.15, 0.2) is 0 Å². The number of rotatable bonds is 6. The minimum absolute atomic E-state index is 0.210. The van der Waals surface area contributed by atoms with E-state index in [4.69, 9.17) is 4.74 Å². The molecule has 0 radical (unpaired) electrons. The number of nitrogens with one attached hydrogen (secondary N) is 1. The second-order valence-electron chi connectivity index (χ2n) is 7.92. The number of ether oxygens (including phenoxy) is 1. The third-order valence-electron chi connectivity index (χ3n) is 5.59. The van der Waals surface area contributed by atoms with Gasteiger partial charge in [0, 0.05) is 16.6 Å². The average Bonchev–Trinajstić information content (AvgIpc) is 3.31. The van der Waals surface area contributed by atoms with Crippen LogP contribution in [-0.4, -0.2) is 28.0 Å². The summed E-state index contributed by atoms with van der Waals surface area (Å²) in [5.41, 5.74) is 2.21. The summed E-state index contributed by atoms with van der Waals surface area (Å²) in [5, 5.41) is 7.35. The molecule has 1 N–H and O–H groups in total. The van der Waals surface area contributed by atoms with E-state index in [1.54, 1.807) is 25.1 Å². The maximum absolute atomic E-state index is 13.3. The number of carbonyl (C=O) groups is 2. The first-order valence-corrected chi connectivity index (χ1v) is 11.9. The number of anilines is 1. The molecule has 0 aliphatic carbocycles. The number of carbonyl (C=O) groups excluding carboxylic acids is 2. The molecule has 35 heavy (non-hydrogen) atoms. The Bertz CT molecular complexity index is 1640. The van der Waals surface area contributed by atoms with Crippen LogP contribution >= 0.6 is 11.3 Å². The maximum Gasteiger partial charge on any atom is 0.338 e. The number of esters is 1. The number of amides is 1. The predicted molar refractivity (Wildman–Crippen MR) is 138 cm³/mol. The summed E-state index contributed by atoms with van der Waals surface area (Å²) in [5.74, 6) is -0.870. The van der Waals surface area contributed by atoms with Crippen molar-refractivity contribution in [2.45, 2.75) is 13.5 Å². The van der Waals surface area contributed by atoms with Crippen molar-refractivity contribution in [1.82, 2.24) is 9.55 Å². The summed E-state index contributed by atoms with van der Waals surface area (Å²) in [6.07, 6.45) is 1.39. The van der Waals surface area contributed by atoms with Crippen molar-refractivity contribution < 1.29 is 14.3 Å². The molecule has 7 nitrogen and oxygen atoms in total. The molecular weight excluding hydrogens is 462 g/mol. The summed E-state index contributed by atoms with van der Waals surface area (Å²) in [6.45, 7) is 1.78. The molecule has 174 valence electrons. The van der Waals surface area contributed by atoms with Crippen LogP contribution in [0.1, 0.15) is 17.3 Å². The highest BCUT2D eigenvalue weighted by atomic mass is 32.1. The fourth-order valence-corrected chi connectivity index (χ4v) is 4.85. The molecule has 0 atom stereocenters. The van der Waals surface area contributed by atoms with Gasteiger partial charge < -0.3 is 10.1 Å². The van der Waals surface area contributed by atoms with Crippen molar-refractivity contribution >= 4 is 49.9 Å². The zero-order chi connectivity index (χ0) is 24.4. The van der Waals surface area contributed by atoms with Gasteiger partial charge >= 0.3 is 5.97 Å². The number of aromatic nitrogens is 2. The lowest BCUT2D eigenvalue weighted by Crippen LogP contribution is -2.27. The van der Waals surface area contributed by atoms with E-state index in [1.807, 2.05) is 41.8 Å². The highest BCUT2D eigenvalue weighted by Crippen LogP contribution is 2.32. The topological polar surface area (TPSA) is 90.3 Å². The smallest absolute Gasteiger partial charge is 0.338 e. The summed E-state index contributed by atoms with van der Waals surface area (Å²) in [7, 11) is 0. The Morgan fingerprint density at radius 3 is 2.69 bits per heavy atom. The van der Waals surface area contributed by atoms with Gasteiger partial charge in [0.05, 0.1) is 23.9 Å². The van der Waals surface area contributed by atoms with Gasteiger partial charge in [-0.25, -0.2) is 9.78 Å². The molecule has 5 aromatic rings. The van der Waals surface area contributed by atoms with Gasteiger partial charge in [0.1, 0.15) is 11.4 Å². The molecule has 0 spiro atoms. The van der Waals surface area contributed by atoms with Crippen molar-refractivity contribution in [2.75, 3.05) is 11.9 Å². The van der Waals surface area contributed by atoms with Crippen LogP contribution < -0.4 is 10.9 Å². The van der Waals surface area contributed by atoms with Crippen LogP contribution in [0.4, 0.5) is 5.69 Å². The zero-order valence-electron chi connectivity index (χ0n) is 18.9. The van der Waals surface area contributed by atoms with E-state index in [9.17, 15) is 14.4 Å². The van der Waals surface area contributed by atoms with Crippen LogP contribution in [0.3, 0.4) is 0 Å². The van der Waals surface area contributed by atoms with Crippen LogP contribution in [0.2, 0.25) is 0 Å². The molecule has 5 rings (SSSR count). The standard InChI is InChI=1S/C27H21N3O4S/c1-2-34-27(33)20-8-5-9-21(13-20)29-23(31)14-30-16-28-25-24(26(30)32)22(15-35-25)19-11-10-17-6-3-4-7-18(17)12-19/h3-13,15-16H,2,14H2,1H3,(H,29,31). The van der Waals surface area contributed by atoms with Gasteiger partial charge in [-0.05, 0) is 47.5 Å². The van der Waals surface area contributed by atoms with E-state index in [-0.39, 0.29) is 18.7 Å². The Kier molecular flexibility index (Phi) is 6.12. The van der Waals surface area contributed by atoms with Crippen LogP contribution in [0.15, 0.2) is 83.2 Å². The molecule has 0 fully saturated rings. The van der Waals surface area contributed by atoms with Crippen molar-refractivity contribution in [3.05, 3.63) is 94.4 Å². The lowest BCUT2D eigenvalue weighted by Gasteiger charge is -2.09. The fraction of sp³-hybridized carbons (Fsp3) is 0.111. The quantitative estimate of drug-likeness (QED) is 0.340. The molecule has 0 saturated carbocycles. The van der Waals surface area contributed by atoms with Gasteiger partial charge in [-0.1, -0.05) is 42.5 Å². The summed E-state index contributed by atoms with van der Waals surface area (Å²) < 4.78 is 6.30. The first kappa shape index (κ1) is 22.5. The molecule has 0 aliphatic rings. The SMILES string of the molecule is CCOC(=O)c1cccc(NC(=O)Cn2cnc3scc(-c4ccc5ccccc5c4)c3c2=O)c1. The summed E-state index contributed by atoms with van der Waals surface area (Å²) in [6, 6.07) is 20.6. The number of hydrogen-bond acceptors (Lipinski definition) is 6. The zero-order valence-corrected chi connectivity index (χ0v) is 19.7. The van der Waals surface area contributed by atoms with Crippen LogP contribution in [-0.2, 0) is 16.1 Å². The summed E-state index contributed by atoms with van der Waals surface area (Å²) in [4.78, 5) is 43.0. The van der Waals surface area contributed by atoms with Crippen molar-refractivity contribution in [1.29, 1.82) is 0 Å². The Hall–Kier alpha value is -4.30. The molecule has 2 aromatic heterocycles. The van der Waals surface area contributed by atoms with E-state index in [2.05, 4.69) is 16.4 Å². The second-order valence-corrected chi connectivity index (χ2v) is 8.78. The van der Waals surface area contributed by atoms with Gasteiger partial charge in [0.2, 0.25) is 5.91 Å². The first-order valence-electron chi connectivity index (χ1n) is 11.1. The highest BCUT2D eigenvalue weighted by molar-refractivity contribution is 7.17. The Morgan fingerprint density at radius 1 is 1.03 bits per heavy atom. The molecular formula is C27H21N3O4S. The molecule has 0 bridgehead atoms. The van der Waals surface area contributed by atoms with Crippen molar-refractivity contribution in [3.63, 3.8) is 0 Å². The van der Waals surface area contributed by atoms with E-state index in [0.29, 0.717) is 21.5 Å². The average molecular weight is 484 g/mol. The lowest BCUT2D eigenvalue weighted by molar-refractivity contribution is -0.116. The van der Waals surface area contributed by atoms with Crippen LogP contribution in [0.5, 0.6) is 0 Å². The third kappa shape index (κ3) is 4.56. The molecule has 0 unspecified atom stereocenters. The fourth-order valence-electron chi connectivity index (χ4n) is 3.94. The van der Waals surface area contributed by atoms with Crippen LogP contribution in [0, 0.1) is 0 Å². The first-order chi connectivity index (χ1) is 17.0.